The molecule has 1 atom stereocenters. The quantitative estimate of drug-likeness (QED) is 0.787. The summed E-state index contributed by atoms with van der Waals surface area (Å²) in [5.41, 5.74) is 6.10. The number of hydrogen-bond acceptors (Lipinski definition) is 3. The molecule has 0 aromatic heterocycles. The highest BCUT2D eigenvalue weighted by molar-refractivity contribution is 5.94. The Bertz CT molecular complexity index is 366. The smallest absolute Gasteiger partial charge is 0.251 e. The van der Waals surface area contributed by atoms with Crippen LogP contribution in [0.1, 0.15) is 30.1 Å². The molecule has 1 aromatic carbocycles. The zero-order valence-electron chi connectivity index (χ0n) is 10.4. The van der Waals surface area contributed by atoms with Gasteiger partial charge in [0, 0.05) is 11.6 Å². The lowest BCUT2D eigenvalue weighted by Crippen LogP contribution is -2.35. The fourth-order valence-electron chi connectivity index (χ4n) is 1.61. The lowest BCUT2D eigenvalue weighted by atomic mass is 10.1. The van der Waals surface area contributed by atoms with E-state index < -0.39 is 0 Å². The zero-order chi connectivity index (χ0) is 12.7. The van der Waals surface area contributed by atoms with Gasteiger partial charge in [0.25, 0.3) is 5.91 Å². The molecule has 0 fully saturated rings. The number of nitrogens with two attached hydrogens (primary N) is 1. The molecule has 94 valence electrons. The molecule has 0 aliphatic carbocycles. The van der Waals surface area contributed by atoms with Crippen LogP contribution in [-0.2, 0) is 0 Å². The van der Waals surface area contributed by atoms with Crippen molar-refractivity contribution < 1.29 is 9.53 Å². The first kappa shape index (κ1) is 13.5. The van der Waals surface area contributed by atoms with Crippen molar-refractivity contribution in [2.24, 2.45) is 5.73 Å². The van der Waals surface area contributed by atoms with Crippen molar-refractivity contribution in [1.29, 1.82) is 0 Å². The summed E-state index contributed by atoms with van der Waals surface area (Å²) in [6.07, 6.45) is 1.68. The minimum absolute atomic E-state index is 0.0794. The largest absolute Gasteiger partial charge is 0.497 e. The summed E-state index contributed by atoms with van der Waals surface area (Å²) >= 11 is 0. The number of benzene rings is 1. The molecule has 4 heteroatoms. The van der Waals surface area contributed by atoms with E-state index in [1.807, 2.05) is 13.0 Å². The first-order chi connectivity index (χ1) is 8.21. The molecule has 4 nitrogen and oxygen atoms in total. The molecule has 0 radical (unpaired) electrons. The normalized spacial score (nSPS) is 11.9. The molecule has 0 bridgehead atoms. The molecule has 1 amide bonds. The molecule has 0 heterocycles. The van der Waals surface area contributed by atoms with Gasteiger partial charge in [-0.05, 0) is 37.6 Å². The highest BCUT2D eigenvalue weighted by Gasteiger charge is 2.11. The Kier molecular flexibility index (Phi) is 5.49. The van der Waals surface area contributed by atoms with E-state index in [0.29, 0.717) is 17.9 Å². The SMILES string of the molecule is CCC(CCN)NC(=O)c1cccc(OC)c1. The van der Waals surface area contributed by atoms with Gasteiger partial charge in [0.15, 0.2) is 0 Å². The van der Waals surface area contributed by atoms with Gasteiger partial charge in [-0.3, -0.25) is 4.79 Å². The molecule has 3 N–H and O–H groups in total. The van der Waals surface area contributed by atoms with Gasteiger partial charge in [-0.2, -0.15) is 0 Å². The van der Waals surface area contributed by atoms with Crippen LogP contribution in [0.25, 0.3) is 0 Å². The molecule has 0 aliphatic heterocycles. The van der Waals surface area contributed by atoms with Gasteiger partial charge in [-0.25, -0.2) is 0 Å². The standard InChI is InChI=1S/C13H20N2O2/c1-3-11(7-8-14)15-13(16)10-5-4-6-12(9-10)17-2/h4-6,9,11H,3,7-8,14H2,1-2H3,(H,15,16). The predicted molar refractivity (Wildman–Crippen MR) is 68.2 cm³/mol. The lowest BCUT2D eigenvalue weighted by Gasteiger charge is -2.16. The second-order valence-electron chi connectivity index (χ2n) is 3.89. The summed E-state index contributed by atoms with van der Waals surface area (Å²) in [6, 6.07) is 7.25. The van der Waals surface area contributed by atoms with Gasteiger partial charge in [0.2, 0.25) is 0 Å². The van der Waals surface area contributed by atoms with Crippen LogP contribution in [0.2, 0.25) is 0 Å². The molecule has 17 heavy (non-hydrogen) atoms. The number of carbonyl (C=O) groups is 1. The van der Waals surface area contributed by atoms with E-state index in [2.05, 4.69) is 5.32 Å². The maximum Gasteiger partial charge on any atom is 0.251 e. The number of hydrogen-bond donors (Lipinski definition) is 2. The van der Waals surface area contributed by atoms with E-state index in [1.54, 1.807) is 25.3 Å². The van der Waals surface area contributed by atoms with Crippen molar-refractivity contribution in [3.63, 3.8) is 0 Å². The minimum Gasteiger partial charge on any atom is -0.497 e. The van der Waals surface area contributed by atoms with Gasteiger partial charge in [0.1, 0.15) is 5.75 Å². The summed E-state index contributed by atoms with van der Waals surface area (Å²) in [7, 11) is 1.58. The molecule has 0 saturated carbocycles. The number of rotatable bonds is 6. The molecular weight excluding hydrogens is 216 g/mol. The third-order valence-corrected chi connectivity index (χ3v) is 2.68. The summed E-state index contributed by atoms with van der Waals surface area (Å²) in [5.74, 6) is 0.605. The van der Waals surface area contributed by atoms with Crippen LogP contribution in [0.3, 0.4) is 0 Å². The maximum absolute atomic E-state index is 11.9. The topological polar surface area (TPSA) is 64.3 Å². The summed E-state index contributed by atoms with van der Waals surface area (Å²) in [6.45, 7) is 2.61. The Hall–Kier alpha value is -1.55. The van der Waals surface area contributed by atoms with E-state index in [4.69, 9.17) is 10.5 Å². The van der Waals surface area contributed by atoms with E-state index in [-0.39, 0.29) is 11.9 Å². The number of ether oxygens (including phenoxy) is 1. The third-order valence-electron chi connectivity index (χ3n) is 2.68. The van der Waals surface area contributed by atoms with Gasteiger partial charge < -0.3 is 15.8 Å². The van der Waals surface area contributed by atoms with Crippen LogP contribution in [0, 0.1) is 0 Å². The van der Waals surface area contributed by atoms with Gasteiger partial charge in [0.05, 0.1) is 7.11 Å². The molecular formula is C13H20N2O2. The number of carbonyl (C=O) groups excluding carboxylic acids is 1. The van der Waals surface area contributed by atoms with Crippen molar-refractivity contribution in [2.45, 2.75) is 25.8 Å². The summed E-state index contributed by atoms with van der Waals surface area (Å²) in [4.78, 5) is 11.9. The third kappa shape index (κ3) is 4.07. The van der Waals surface area contributed by atoms with Crippen LogP contribution >= 0.6 is 0 Å². The fourth-order valence-corrected chi connectivity index (χ4v) is 1.61. The van der Waals surface area contributed by atoms with Crippen LogP contribution in [0.15, 0.2) is 24.3 Å². The molecule has 0 spiro atoms. The summed E-state index contributed by atoms with van der Waals surface area (Å²) < 4.78 is 5.08. The van der Waals surface area contributed by atoms with Crippen molar-refractivity contribution >= 4 is 5.91 Å². The first-order valence-corrected chi connectivity index (χ1v) is 5.86. The Labute approximate surface area is 102 Å². The number of amides is 1. The van der Waals surface area contributed by atoms with Crippen LogP contribution in [0.4, 0.5) is 0 Å². The van der Waals surface area contributed by atoms with E-state index in [9.17, 15) is 4.79 Å². The van der Waals surface area contributed by atoms with Gasteiger partial charge in [-0.15, -0.1) is 0 Å². The highest BCUT2D eigenvalue weighted by Crippen LogP contribution is 2.12. The molecule has 1 aromatic rings. The second kappa shape index (κ2) is 6.91. The Balaban J connectivity index is 2.68. The van der Waals surface area contributed by atoms with Crippen LogP contribution in [0.5, 0.6) is 5.75 Å². The second-order valence-corrected chi connectivity index (χ2v) is 3.89. The average molecular weight is 236 g/mol. The van der Waals surface area contributed by atoms with Gasteiger partial charge >= 0.3 is 0 Å². The number of methoxy groups -OCH3 is 1. The lowest BCUT2D eigenvalue weighted by molar-refractivity contribution is 0.0934. The van der Waals surface area contributed by atoms with Crippen LogP contribution < -0.4 is 15.8 Å². The van der Waals surface area contributed by atoms with Crippen molar-refractivity contribution in [3.05, 3.63) is 29.8 Å². The highest BCUT2D eigenvalue weighted by atomic mass is 16.5. The Morgan fingerprint density at radius 1 is 1.53 bits per heavy atom. The van der Waals surface area contributed by atoms with E-state index >= 15 is 0 Å². The average Bonchev–Trinajstić information content (AvgIpc) is 2.38. The maximum atomic E-state index is 11.9. The minimum atomic E-state index is -0.0794. The monoisotopic (exact) mass is 236 g/mol. The molecule has 1 rings (SSSR count). The summed E-state index contributed by atoms with van der Waals surface area (Å²) in [5, 5.41) is 2.96. The van der Waals surface area contributed by atoms with Gasteiger partial charge in [-0.1, -0.05) is 13.0 Å². The number of nitrogens with one attached hydrogen (secondary N) is 1. The first-order valence-electron chi connectivity index (χ1n) is 5.86. The van der Waals surface area contributed by atoms with Crippen LogP contribution in [-0.4, -0.2) is 25.6 Å². The fraction of sp³-hybridized carbons (Fsp3) is 0.462. The Morgan fingerprint density at radius 3 is 2.88 bits per heavy atom. The van der Waals surface area contributed by atoms with Crippen molar-refractivity contribution in [3.8, 4) is 5.75 Å². The molecule has 1 unspecified atom stereocenters. The van der Waals surface area contributed by atoms with E-state index in [0.717, 1.165) is 12.8 Å². The molecule has 0 aliphatic rings. The van der Waals surface area contributed by atoms with E-state index in [1.165, 1.54) is 0 Å². The Morgan fingerprint density at radius 2 is 2.29 bits per heavy atom. The zero-order valence-corrected chi connectivity index (χ0v) is 10.4. The predicted octanol–water partition coefficient (Wildman–Crippen LogP) is 1.55. The van der Waals surface area contributed by atoms with Crippen molar-refractivity contribution in [2.75, 3.05) is 13.7 Å². The molecule has 0 saturated heterocycles. The van der Waals surface area contributed by atoms with Crippen molar-refractivity contribution in [1.82, 2.24) is 5.32 Å².